The van der Waals surface area contributed by atoms with Gasteiger partial charge in [-0.2, -0.15) is 0 Å². The van der Waals surface area contributed by atoms with Gasteiger partial charge in [0.25, 0.3) is 0 Å². The van der Waals surface area contributed by atoms with Crippen LogP contribution in [-0.4, -0.2) is 20.0 Å². The first-order valence-corrected chi connectivity index (χ1v) is 9.66. The van der Waals surface area contributed by atoms with Crippen LogP contribution in [0.1, 0.15) is 18.2 Å². The maximum Gasteiger partial charge on any atom is 0.329 e. The summed E-state index contributed by atoms with van der Waals surface area (Å²) in [6, 6.07) is 20.3. The largest absolute Gasteiger partial charge is 0.329 e. The third kappa shape index (κ3) is 4.01. The molecule has 0 saturated carbocycles. The van der Waals surface area contributed by atoms with Gasteiger partial charge in [-0.25, -0.2) is 9.78 Å². The van der Waals surface area contributed by atoms with Crippen molar-refractivity contribution < 1.29 is 4.79 Å². The number of benzene rings is 2. The first-order valence-electron chi connectivity index (χ1n) is 9.66. The molecule has 0 radical (unpaired) electrons. The van der Waals surface area contributed by atoms with E-state index in [4.69, 9.17) is 0 Å². The summed E-state index contributed by atoms with van der Waals surface area (Å²) < 4.78 is 3.16. The molecule has 4 aromatic rings. The minimum absolute atomic E-state index is 0.0593. The number of nitrogens with zero attached hydrogens (tertiary/aromatic N) is 3. The Morgan fingerprint density at radius 1 is 0.967 bits per heavy atom. The number of pyridine rings is 1. The van der Waals surface area contributed by atoms with E-state index in [0.29, 0.717) is 17.9 Å². The van der Waals surface area contributed by atoms with Gasteiger partial charge in [0.05, 0.1) is 11.0 Å². The molecule has 1 amide bonds. The topological polar surface area (TPSA) is 68.9 Å². The van der Waals surface area contributed by atoms with Crippen LogP contribution in [0.4, 0.5) is 5.69 Å². The van der Waals surface area contributed by atoms with E-state index >= 15 is 0 Å². The van der Waals surface area contributed by atoms with Crippen LogP contribution in [0.3, 0.4) is 0 Å². The van der Waals surface area contributed by atoms with Gasteiger partial charge < -0.3 is 5.32 Å². The van der Waals surface area contributed by atoms with Crippen molar-refractivity contribution >= 4 is 22.6 Å². The number of nitrogens with one attached hydrogen (secondary N) is 1. The molecule has 6 nitrogen and oxygen atoms in total. The molecule has 2 aromatic heterocycles. The lowest BCUT2D eigenvalue weighted by atomic mass is 10.2. The molecule has 30 heavy (non-hydrogen) atoms. The lowest BCUT2D eigenvalue weighted by Gasteiger charge is -2.07. The van der Waals surface area contributed by atoms with Gasteiger partial charge in [0, 0.05) is 24.0 Å². The normalized spacial score (nSPS) is 10.4. The molecule has 0 unspecified atom stereocenters. The van der Waals surface area contributed by atoms with Gasteiger partial charge in [-0.05, 0) is 55.3 Å². The highest BCUT2D eigenvalue weighted by Crippen LogP contribution is 2.14. The first-order chi connectivity index (χ1) is 14.7. The molecule has 2 aromatic carbocycles. The molecule has 4 rings (SSSR count). The van der Waals surface area contributed by atoms with Gasteiger partial charge in [-0.3, -0.25) is 13.9 Å². The average molecular weight is 396 g/mol. The number of hydrogen-bond donors (Lipinski definition) is 1. The van der Waals surface area contributed by atoms with E-state index in [1.165, 1.54) is 4.57 Å². The predicted octanol–water partition coefficient (Wildman–Crippen LogP) is 3.26. The van der Waals surface area contributed by atoms with Crippen molar-refractivity contribution in [3.63, 3.8) is 0 Å². The Kier molecular flexibility index (Phi) is 5.44. The van der Waals surface area contributed by atoms with E-state index in [2.05, 4.69) is 22.1 Å². The Labute approximate surface area is 173 Å². The zero-order valence-corrected chi connectivity index (χ0v) is 16.5. The average Bonchev–Trinajstić information content (AvgIpc) is 3.04. The summed E-state index contributed by atoms with van der Waals surface area (Å²) in [4.78, 5) is 29.5. The Balaban J connectivity index is 1.53. The molecule has 0 aliphatic rings. The molecule has 0 spiro atoms. The number of aryl methyl sites for hydroxylation is 1. The number of fused-ring (bicyclic) bond motifs is 1. The van der Waals surface area contributed by atoms with Crippen molar-refractivity contribution in [3.05, 3.63) is 94.7 Å². The minimum Gasteiger partial charge on any atom is -0.324 e. The number of amides is 1. The van der Waals surface area contributed by atoms with Gasteiger partial charge >= 0.3 is 5.69 Å². The third-order valence-electron chi connectivity index (χ3n) is 4.69. The number of rotatable bonds is 4. The van der Waals surface area contributed by atoms with E-state index in [1.807, 2.05) is 61.5 Å². The van der Waals surface area contributed by atoms with Gasteiger partial charge in [0.2, 0.25) is 5.91 Å². The number of hydrogen-bond acceptors (Lipinski definition) is 3. The Bertz CT molecular complexity index is 1320. The quantitative estimate of drug-likeness (QED) is 0.539. The molecule has 0 fully saturated rings. The molecular weight excluding hydrogens is 376 g/mol. The second-order valence-corrected chi connectivity index (χ2v) is 6.70. The van der Waals surface area contributed by atoms with Crippen molar-refractivity contribution in [1.29, 1.82) is 0 Å². The predicted molar refractivity (Wildman–Crippen MR) is 117 cm³/mol. The van der Waals surface area contributed by atoms with Gasteiger partial charge in [0.15, 0.2) is 0 Å². The number of imidazole rings is 1. The van der Waals surface area contributed by atoms with E-state index in [1.54, 1.807) is 22.9 Å². The molecule has 0 atom stereocenters. The van der Waals surface area contributed by atoms with Crippen LogP contribution in [-0.2, 0) is 17.9 Å². The van der Waals surface area contributed by atoms with Crippen LogP contribution >= 0.6 is 0 Å². The molecular formula is C24H20N4O2. The summed E-state index contributed by atoms with van der Waals surface area (Å²) in [5, 5.41) is 2.86. The van der Waals surface area contributed by atoms with Gasteiger partial charge in [-0.15, -0.1) is 0 Å². The smallest absolute Gasteiger partial charge is 0.324 e. The van der Waals surface area contributed by atoms with Gasteiger partial charge in [-0.1, -0.05) is 30.2 Å². The van der Waals surface area contributed by atoms with E-state index in [-0.39, 0.29) is 18.1 Å². The molecule has 0 aliphatic heterocycles. The Morgan fingerprint density at radius 3 is 2.47 bits per heavy atom. The minimum atomic E-state index is -0.272. The summed E-state index contributed by atoms with van der Waals surface area (Å²) in [5.41, 5.74) is 3.44. The molecule has 0 bridgehead atoms. The van der Waals surface area contributed by atoms with Crippen molar-refractivity contribution in [3.8, 4) is 11.8 Å². The van der Waals surface area contributed by atoms with E-state index in [0.717, 1.165) is 16.6 Å². The monoisotopic (exact) mass is 396 g/mol. The summed E-state index contributed by atoms with van der Waals surface area (Å²) in [6.45, 7) is 2.40. The van der Waals surface area contributed by atoms with Crippen molar-refractivity contribution in [2.75, 3.05) is 5.32 Å². The Morgan fingerprint density at radius 2 is 1.73 bits per heavy atom. The highest BCUT2D eigenvalue weighted by atomic mass is 16.2. The number of aromatic nitrogens is 3. The van der Waals surface area contributed by atoms with Crippen LogP contribution in [0.15, 0.2) is 77.7 Å². The number of carbonyl (C=O) groups excluding carboxylic acids is 1. The molecule has 2 heterocycles. The summed E-state index contributed by atoms with van der Waals surface area (Å²) in [5.74, 6) is 5.77. The lowest BCUT2D eigenvalue weighted by Crippen LogP contribution is -2.29. The zero-order chi connectivity index (χ0) is 20.9. The maximum absolute atomic E-state index is 12.7. The summed E-state index contributed by atoms with van der Waals surface area (Å²) >= 11 is 0. The number of anilines is 1. The van der Waals surface area contributed by atoms with Crippen LogP contribution in [0.25, 0.3) is 11.0 Å². The van der Waals surface area contributed by atoms with Gasteiger partial charge in [0.1, 0.15) is 12.2 Å². The molecule has 0 aliphatic carbocycles. The van der Waals surface area contributed by atoms with Crippen LogP contribution in [0, 0.1) is 11.8 Å². The van der Waals surface area contributed by atoms with Crippen LogP contribution in [0.5, 0.6) is 0 Å². The second kappa shape index (κ2) is 8.50. The summed E-state index contributed by atoms with van der Waals surface area (Å²) in [6.07, 6.45) is 1.69. The lowest BCUT2D eigenvalue weighted by molar-refractivity contribution is -0.116. The number of carbonyl (C=O) groups is 1. The number of para-hydroxylation sites is 2. The van der Waals surface area contributed by atoms with Crippen LogP contribution < -0.4 is 11.0 Å². The molecule has 6 heteroatoms. The molecule has 1 N–H and O–H groups in total. The third-order valence-corrected chi connectivity index (χ3v) is 4.69. The zero-order valence-electron chi connectivity index (χ0n) is 16.5. The van der Waals surface area contributed by atoms with Crippen molar-refractivity contribution in [2.24, 2.45) is 0 Å². The fourth-order valence-corrected chi connectivity index (χ4v) is 3.32. The second-order valence-electron chi connectivity index (χ2n) is 6.70. The molecule has 0 saturated heterocycles. The highest BCUT2D eigenvalue weighted by molar-refractivity contribution is 5.91. The highest BCUT2D eigenvalue weighted by Gasteiger charge is 2.14. The maximum atomic E-state index is 12.7. The summed E-state index contributed by atoms with van der Waals surface area (Å²) in [7, 11) is 0. The fourth-order valence-electron chi connectivity index (χ4n) is 3.32. The molecule has 148 valence electrons. The Hall–Kier alpha value is -4.11. The first kappa shape index (κ1) is 19.2. The van der Waals surface area contributed by atoms with Crippen LogP contribution in [0.2, 0.25) is 0 Å². The van der Waals surface area contributed by atoms with Crippen molar-refractivity contribution in [1.82, 2.24) is 14.1 Å². The van der Waals surface area contributed by atoms with Crippen molar-refractivity contribution in [2.45, 2.75) is 20.0 Å². The fraction of sp³-hybridized carbons (Fsp3) is 0.125. The van der Waals surface area contributed by atoms with E-state index < -0.39 is 0 Å². The standard InChI is InChI=1S/C24H20N4O2/c1-2-27-21-11-3-4-12-22(21)28(24(27)30)17-23(29)26-20-10-7-8-18(16-20)13-14-19-9-5-6-15-25-19/h3-12,15-16H,2,17H2,1H3,(H,26,29). The van der Waals surface area contributed by atoms with E-state index in [9.17, 15) is 9.59 Å². The SMILES string of the molecule is CCn1c(=O)n(CC(=O)Nc2cccc(C#Cc3ccccn3)c2)c2ccccc21.